The van der Waals surface area contributed by atoms with Gasteiger partial charge in [-0.2, -0.15) is 0 Å². The molecule has 3 aromatic heterocycles. The first-order valence-corrected chi connectivity index (χ1v) is 6.98. The van der Waals surface area contributed by atoms with Crippen molar-refractivity contribution >= 4 is 40.4 Å². The molecule has 7 heteroatoms. The quantitative estimate of drug-likeness (QED) is 0.584. The van der Waals surface area contributed by atoms with Gasteiger partial charge in [-0.15, -0.1) is 23.7 Å². The number of halogens is 1. The Morgan fingerprint density at radius 2 is 2.10 bits per heavy atom. The summed E-state index contributed by atoms with van der Waals surface area (Å²) in [6, 6.07) is 5.90. The Kier molecular flexibility index (Phi) is 3.27. The van der Waals surface area contributed by atoms with Gasteiger partial charge in [0.2, 0.25) is 5.88 Å². The second kappa shape index (κ2) is 4.98. The van der Waals surface area contributed by atoms with Gasteiger partial charge in [0.25, 0.3) is 0 Å². The SMILES string of the molecule is Cc1nc2cnc3cc(-c4nccs4)ccc3n2c1O.Cl. The minimum absolute atomic E-state index is 0. The summed E-state index contributed by atoms with van der Waals surface area (Å²) in [6.07, 6.45) is 3.45. The molecule has 106 valence electrons. The van der Waals surface area contributed by atoms with Gasteiger partial charge in [0.1, 0.15) is 10.7 Å². The van der Waals surface area contributed by atoms with Crippen LogP contribution in [0.15, 0.2) is 36.0 Å². The summed E-state index contributed by atoms with van der Waals surface area (Å²) in [5.74, 6) is 0.161. The predicted octanol–water partition coefficient (Wildman–Crippen LogP) is 3.44. The maximum absolute atomic E-state index is 10.1. The molecule has 0 amide bonds. The number of benzene rings is 1. The first kappa shape index (κ1) is 13.8. The van der Waals surface area contributed by atoms with Crippen molar-refractivity contribution in [1.29, 1.82) is 0 Å². The van der Waals surface area contributed by atoms with E-state index in [4.69, 9.17) is 0 Å². The molecule has 4 rings (SSSR count). The van der Waals surface area contributed by atoms with E-state index in [1.807, 2.05) is 23.6 Å². The Bertz CT molecular complexity index is 933. The Morgan fingerprint density at radius 1 is 1.24 bits per heavy atom. The lowest BCUT2D eigenvalue weighted by Crippen LogP contribution is -1.91. The van der Waals surface area contributed by atoms with Gasteiger partial charge in [0.15, 0.2) is 5.65 Å². The van der Waals surface area contributed by atoms with E-state index in [0.717, 1.165) is 21.6 Å². The number of aromatic hydroxyl groups is 1. The molecule has 0 atom stereocenters. The van der Waals surface area contributed by atoms with Crippen molar-refractivity contribution in [2.75, 3.05) is 0 Å². The fourth-order valence-electron chi connectivity index (χ4n) is 2.31. The number of nitrogens with zero attached hydrogens (tertiary/aromatic N) is 4. The van der Waals surface area contributed by atoms with Crippen molar-refractivity contribution < 1.29 is 5.11 Å². The summed E-state index contributed by atoms with van der Waals surface area (Å²) < 4.78 is 1.71. The lowest BCUT2D eigenvalue weighted by Gasteiger charge is -2.04. The van der Waals surface area contributed by atoms with Gasteiger partial charge in [-0.05, 0) is 25.1 Å². The van der Waals surface area contributed by atoms with Crippen LogP contribution in [-0.2, 0) is 0 Å². The molecule has 0 aliphatic carbocycles. The second-order valence-electron chi connectivity index (χ2n) is 4.51. The molecule has 1 aromatic carbocycles. The maximum atomic E-state index is 10.1. The van der Waals surface area contributed by atoms with Crippen LogP contribution >= 0.6 is 23.7 Å². The first-order chi connectivity index (χ1) is 9.74. The summed E-state index contributed by atoms with van der Waals surface area (Å²) in [6.45, 7) is 1.78. The normalized spacial score (nSPS) is 10.9. The topological polar surface area (TPSA) is 63.3 Å². The number of thiazole rings is 1. The lowest BCUT2D eigenvalue weighted by atomic mass is 10.2. The third kappa shape index (κ3) is 2.03. The van der Waals surface area contributed by atoms with Crippen LogP contribution in [0.1, 0.15) is 5.69 Å². The van der Waals surface area contributed by atoms with Crippen molar-refractivity contribution in [3.05, 3.63) is 41.7 Å². The molecule has 5 nitrogen and oxygen atoms in total. The molecule has 0 saturated carbocycles. The number of fused-ring (bicyclic) bond motifs is 3. The van der Waals surface area contributed by atoms with Gasteiger partial charge in [-0.3, -0.25) is 9.38 Å². The van der Waals surface area contributed by atoms with Crippen LogP contribution in [0.5, 0.6) is 5.88 Å². The van der Waals surface area contributed by atoms with E-state index >= 15 is 0 Å². The fourth-order valence-corrected chi connectivity index (χ4v) is 2.94. The van der Waals surface area contributed by atoms with Crippen LogP contribution in [0.2, 0.25) is 0 Å². The van der Waals surface area contributed by atoms with E-state index in [9.17, 15) is 5.11 Å². The van der Waals surface area contributed by atoms with Crippen LogP contribution in [0.3, 0.4) is 0 Å². The number of hydrogen-bond donors (Lipinski definition) is 1. The van der Waals surface area contributed by atoms with Crippen LogP contribution in [0, 0.1) is 6.92 Å². The van der Waals surface area contributed by atoms with Crippen molar-refractivity contribution in [2.45, 2.75) is 6.92 Å². The van der Waals surface area contributed by atoms with Crippen LogP contribution in [-0.4, -0.2) is 24.5 Å². The molecule has 0 unspecified atom stereocenters. The molecule has 21 heavy (non-hydrogen) atoms. The Balaban J connectivity index is 0.00000132. The molecule has 0 radical (unpaired) electrons. The Hall–Kier alpha value is -2.18. The highest BCUT2D eigenvalue weighted by molar-refractivity contribution is 7.13. The summed E-state index contributed by atoms with van der Waals surface area (Å²) in [5.41, 5.74) is 3.91. The number of hydrogen-bond acceptors (Lipinski definition) is 5. The largest absolute Gasteiger partial charge is 0.493 e. The minimum Gasteiger partial charge on any atom is -0.493 e. The first-order valence-electron chi connectivity index (χ1n) is 6.11. The van der Waals surface area contributed by atoms with Gasteiger partial charge in [0.05, 0.1) is 17.2 Å². The highest BCUT2D eigenvalue weighted by Crippen LogP contribution is 2.28. The molecule has 0 aliphatic heterocycles. The second-order valence-corrected chi connectivity index (χ2v) is 5.41. The van der Waals surface area contributed by atoms with E-state index in [2.05, 4.69) is 15.0 Å². The van der Waals surface area contributed by atoms with Crippen LogP contribution in [0.4, 0.5) is 0 Å². The fraction of sp³-hybridized carbons (Fsp3) is 0.0714. The third-order valence-corrected chi connectivity index (χ3v) is 4.08. The summed E-state index contributed by atoms with van der Waals surface area (Å²) >= 11 is 1.59. The van der Waals surface area contributed by atoms with Crippen LogP contribution in [0.25, 0.3) is 27.3 Å². The van der Waals surface area contributed by atoms with E-state index < -0.39 is 0 Å². The van der Waals surface area contributed by atoms with Gasteiger partial charge >= 0.3 is 0 Å². The number of aryl methyl sites for hydroxylation is 1. The zero-order valence-electron chi connectivity index (χ0n) is 11.0. The molecule has 0 spiro atoms. The standard InChI is InChI=1S/C14H10N4OS.ClH/c1-8-14(19)18-11-3-2-9(13-15-4-5-20-13)6-10(11)16-7-12(18)17-8;/h2-7,19H,1H3;1H. The van der Waals surface area contributed by atoms with Crippen molar-refractivity contribution in [1.82, 2.24) is 19.4 Å². The van der Waals surface area contributed by atoms with Crippen molar-refractivity contribution in [2.24, 2.45) is 0 Å². The summed E-state index contributed by atoms with van der Waals surface area (Å²) in [5, 5.41) is 13.0. The monoisotopic (exact) mass is 318 g/mol. The predicted molar refractivity (Wildman–Crippen MR) is 85.3 cm³/mol. The number of aromatic nitrogens is 4. The van der Waals surface area contributed by atoms with Gasteiger partial charge in [-0.1, -0.05) is 0 Å². The molecule has 0 aliphatic rings. The molecule has 4 aromatic rings. The Labute approximate surface area is 130 Å². The maximum Gasteiger partial charge on any atom is 0.219 e. The highest BCUT2D eigenvalue weighted by Gasteiger charge is 2.11. The molecule has 0 saturated heterocycles. The molecule has 1 N–H and O–H groups in total. The van der Waals surface area contributed by atoms with Gasteiger partial charge < -0.3 is 5.11 Å². The van der Waals surface area contributed by atoms with Crippen molar-refractivity contribution in [3.63, 3.8) is 0 Å². The van der Waals surface area contributed by atoms with Crippen molar-refractivity contribution in [3.8, 4) is 16.5 Å². The average Bonchev–Trinajstić information content (AvgIpc) is 3.08. The third-order valence-electron chi connectivity index (χ3n) is 3.26. The number of imidazole rings is 1. The number of rotatable bonds is 1. The van der Waals surface area contributed by atoms with E-state index in [0.29, 0.717) is 11.3 Å². The minimum atomic E-state index is 0. The van der Waals surface area contributed by atoms with E-state index in [-0.39, 0.29) is 18.3 Å². The molecular weight excluding hydrogens is 308 g/mol. The molecule has 3 heterocycles. The zero-order chi connectivity index (χ0) is 13.7. The molecular formula is C14H11ClN4OS. The Morgan fingerprint density at radius 3 is 2.86 bits per heavy atom. The summed E-state index contributed by atoms with van der Waals surface area (Å²) in [7, 11) is 0. The molecule has 0 fully saturated rings. The average molecular weight is 319 g/mol. The molecule has 0 bridgehead atoms. The zero-order valence-corrected chi connectivity index (χ0v) is 12.6. The van der Waals surface area contributed by atoms with Crippen LogP contribution < -0.4 is 0 Å². The van der Waals surface area contributed by atoms with E-state index in [1.54, 1.807) is 35.1 Å². The lowest BCUT2D eigenvalue weighted by molar-refractivity contribution is 0.446. The highest BCUT2D eigenvalue weighted by atomic mass is 35.5. The smallest absolute Gasteiger partial charge is 0.219 e. The van der Waals surface area contributed by atoms with E-state index in [1.165, 1.54) is 0 Å². The van der Waals surface area contributed by atoms with Gasteiger partial charge in [0, 0.05) is 17.1 Å². The summed E-state index contributed by atoms with van der Waals surface area (Å²) in [4.78, 5) is 13.0. The van der Waals surface area contributed by atoms with Gasteiger partial charge in [-0.25, -0.2) is 9.97 Å².